The van der Waals surface area contributed by atoms with E-state index in [2.05, 4.69) is 16.8 Å². The molecule has 1 heterocycles. The molecule has 0 aliphatic rings. The molecule has 0 atom stereocenters. The summed E-state index contributed by atoms with van der Waals surface area (Å²) in [7, 11) is 0. The Morgan fingerprint density at radius 3 is 2.46 bits per heavy atom. The van der Waals surface area contributed by atoms with E-state index in [-0.39, 0.29) is 11.2 Å². The average molecular weight is 367 g/mol. The fourth-order valence-corrected chi connectivity index (χ4v) is 3.14. The molecule has 3 aromatic carbocycles. The van der Waals surface area contributed by atoms with Crippen molar-refractivity contribution in [3.63, 3.8) is 0 Å². The van der Waals surface area contributed by atoms with Crippen molar-refractivity contribution < 1.29 is 4.39 Å². The highest BCUT2D eigenvalue weighted by atomic mass is 19.1. The Bertz CT molecular complexity index is 1230. The molecule has 4 rings (SSSR count). The van der Waals surface area contributed by atoms with Crippen molar-refractivity contribution in [3.05, 3.63) is 117 Å². The molecule has 1 N–H and O–H groups in total. The molecule has 0 saturated carbocycles. The lowest BCUT2D eigenvalue weighted by molar-refractivity contribution is 0.627. The number of hydrogen-bond donors (Lipinski definition) is 1. The van der Waals surface area contributed by atoms with Gasteiger partial charge in [0.15, 0.2) is 5.43 Å². The zero-order valence-corrected chi connectivity index (χ0v) is 15.2. The summed E-state index contributed by atoms with van der Waals surface area (Å²) in [6.45, 7) is 0. The standard InChI is InChI=1S/C25H18FNO/c26-22-12-9-20(10-13-22)15-21-17-27-24-14-11-19(16-23(24)25(21)28)8-4-7-18-5-2-1-3-6-18/h1-3,5-6,9-14,16-17H,7,15H2,(H,27,28). The van der Waals surface area contributed by atoms with Gasteiger partial charge in [0, 0.05) is 41.1 Å². The third-order valence-electron chi connectivity index (χ3n) is 4.63. The average Bonchev–Trinajstić information content (AvgIpc) is 2.73. The highest BCUT2D eigenvalue weighted by Gasteiger charge is 2.07. The highest BCUT2D eigenvalue weighted by molar-refractivity contribution is 5.80. The Balaban J connectivity index is 1.62. The minimum absolute atomic E-state index is 0.0233. The number of halogens is 1. The van der Waals surface area contributed by atoms with Crippen LogP contribution < -0.4 is 5.43 Å². The van der Waals surface area contributed by atoms with Gasteiger partial charge < -0.3 is 4.98 Å². The van der Waals surface area contributed by atoms with Gasteiger partial charge >= 0.3 is 0 Å². The van der Waals surface area contributed by atoms with E-state index in [4.69, 9.17) is 0 Å². The molecular formula is C25H18FNO. The second-order valence-corrected chi connectivity index (χ2v) is 6.67. The van der Waals surface area contributed by atoms with E-state index in [0.29, 0.717) is 23.8 Å². The summed E-state index contributed by atoms with van der Waals surface area (Å²) in [4.78, 5) is 16.1. The van der Waals surface area contributed by atoms with Crippen LogP contribution in [-0.2, 0) is 12.8 Å². The lowest BCUT2D eigenvalue weighted by Crippen LogP contribution is -2.10. The SMILES string of the molecule is O=c1c(Cc2ccc(F)cc2)c[nH]c2ccc(C#CCc3ccccc3)cc12. The number of aromatic amines is 1. The summed E-state index contributed by atoms with van der Waals surface area (Å²) in [6, 6.07) is 21.9. The van der Waals surface area contributed by atoms with Gasteiger partial charge in [-0.1, -0.05) is 54.3 Å². The third kappa shape index (κ3) is 4.02. The smallest absolute Gasteiger partial charge is 0.192 e. The highest BCUT2D eigenvalue weighted by Crippen LogP contribution is 2.13. The monoisotopic (exact) mass is 367 g/mol. The summed E-state index contributed by atoms with van der Waals surface area (Å²) < 4.78 is 13.1. The molecule has 0 fully saturated rings. The van der Waals surface area contributed by atoms with E-state index in [9.17, 15) is 9.18 Å². The van der Waals surface area contributed by atoms with E-state index in [0.717, 1.165) is 22.2 Å². The van der Waals surface area contributed by atoms with Crippen LogP contribution in [0.15, 0.2) is 83.8 Å². The van der Waals surface area contributed by atoms with Crippen molar-refractivity contribution in [3.8, 4) is 11.8 Å². The van der Waals surface area contributed by atoms with Gasteiger partial charge in [0.1, 0.15) is 5.82 Å². The minimum atomic E-state index is -0.283. The van der Waals surface area contributed by atoms with Gasteiger partial charge in [-0.25, -0.2) is 4.39 Å². The van der Waals surface area contributed by atoms with Crippen LogP contribution in [0.5, 0.6) is 0 Å². The van der Waals surface area contributed by atoms with Crippen molar-refractivity contribution in [2.24, 2.45) is 0 Å². The molecule has 4 aromatic rings. The Morgan fingerprint density at radius 2 is 1.68 bits per heavy atom. The molecule has 1 aromatic heterocycles. The molecule has 0 amide bonds. The summed E-state index contributed by atoms with van der Waals surface area (Å²) in [5, 5.41) is 0.617. The normalized spacial score (nSPS) is 10.5. The van der Waals surface area contributed by atoms with Gasteiger partial charge in [-0.15, -0.1) is 0 Å². The van der Waals surface area contributed by atoms with Gasteiger partial charge in [0.2, 0.25) is 0 Å². The van der Waals surface area contributed by atoms with Gasteiger partial charge in [0.05, 0.1) is 0 Å². The van der Waals surface area contributed by atoms with Gasteiger partial charge in [-0.2, -0.15) is 0 Å². The first kappa shape index (κ1) is 17.8. The number of fused-ring (bicyclic) bond motifs is 1. The first-order chi connectivity index (χ1) is 13.7. The number of aromatic nitrogens is 1. The largest absolute Gasteiger partial charge is 0.361 e. The van der Waals surface area contributed by atoms with Crippen molar-refractivity contribution in [2.75, 3.05) is 0 Å². The van der Waals surface area contributed by atoms with Crippen molar-refractivity contribution >= 4 is 10.9 Å². The third-order valence-corrected chi connectivity index (χ3v) is 4.63. The van der Waals surface area contributed by atoms with Crippen molar-refractivity contribution in [1.82, 2.24) is 4.98 Å². The molecule has 0 bridgehead atoms. The fraction of sp³-hybridized carbons (Fsp3) is 0.0800. The van der Waals surface area contributed by atoms with Crippen molar-refractivity contribution in [1.29, 1.82) is 0 Å². The quantitative estimate of drug-likeness (QED) is 0.516. The predicted molar refractivity (Wildman–Crippen MR) is 111 cm³/mol. The van der Waals surface area contributed by atoms with Gasteiger partial charge in [0.25, 0.3) is 0 Å². The lowest BCUT2D eigenvalue weighted by atomic mass is 10.0. The number of nitrogens with one attached hydrogen (secondary N) is 1. The number of rotatable bonds is 3. The number of pyridine rings is 1. The number of H-pyrrole nitrogens is 1. The Morgan fingerprint density at radius 1 is 0.893 bits per heavy atom. The zero-order chi connectivity index (χ0) is 19.3. The molecular weight excluding hydrogens is 349 g/mol. The maximum atomic E-state index is 13.1. The second-order valence-electron chi connectivity index (χ2n) is 6.67. The van der Waals surface area contributed by atoms with E-state index in [1.54, 1.807) is 18.3 Å². The fourth-order valence-electron chi connectivity index (χ4n) is 3.14. The van der Waals surface area contributed by atoms with Crippen LogP contribution in [0.4, 0.5) is 4.39 Å². The maximum absolute atomic E-state index is 13.1. The predicted octanol–water partition coefficient (Wildman–Crippen LogP) is 4.85. The first-order valence-corrected chi connectivity index (χ1v) is 9.10. The van der Waals surface area contributed by atoms with E-state index in [1.165, 1.54) is 12.1 Å². The Kier molecular flexibility index (Phi) is 5.03. The van der Waals surface area contributed by atoms with Crippen LogP contribution in [0, 0.1) is 17.7 Å². The molecule has 0 aliphatic carbocycles. The molecule has 0 unspecified atom stereocenters. The van der Waals surface area contributed by atoms with Gasteiger partial charge in [-0.05, 0) is 41.5 Å². The van der Waals surface area contributed by atoms with Crippen LogP contribution in [0.25, 0.3) is 10.9 Å². The summed E-state index contributed by atoms with van der Waals surface area (Å²) >= 11 is 0. The van der Waals surface area contributed by atoms with Crippen molar-refractivity contribution in [2.45, 2.75) is 12.8 Å². The first-order valence-electron chi connectivity index (χ1n) is 9.10. The molecule has 0 radical (unpaired) electrons. The summed E-state index contributed by atoms with van der Waals surface area (Å²) in [6.07, 6.45) is 2.85. The minimum Gasteiger partial charge on any atom is -0.361 e. The van der Waals surface area contributed by atoms with Crippen LogP contribution >= 0.6 is 0 Å². The molecule has 0 spiro atoms. The molecule has 3 heteroatoms. The molecule has 0 aliphatic heterocycles. The van der Waals surface area contributed by atoms with E-state index in [1.807, 2.05) is 48.5 Å². The summed E-state index contributed by atoms with van der Waals surface area (Å²) in [5.74, 6) is 6.03. The molecule has 136 valence electrons. The molecule has 28 heavy (non-hydrogen) atoms. The van der Waals surface area contributed by atoms with Crippen LogP contribution in [-0.4, -0.2) is 4.98 Å². The number of hydrogen-bond acceptors (Lipinski definition) is 1. The zero-order valence-electron chi connectivity index (χ0n) is 15.2. The van der Waals surface area contributed by atoms with Crippen LogP contribution in [0.1, 0.15) is 22.3 Å². The van der Waals surface area contributed by atoms with E-state index >= 15 is 0 Å². The van der Waals surface area contributed by atoms with Crippen LogP contribution in [0.3, 0.4) is 0 Å². The lowest BCUT2D eigenvalue weighted by Gasteiger charge is -2.04. The molecule has 0 saturated heterocycles. The Labute approximate surface area is 162 Å². The summed E-state index contributed by atoms with van der Waals surface area (Å²) in [5.41, 5.74) is 4.27. The topological polar surface area (TPSA) is 32.9 Å². The number of benzene rings is 3. The molecule has 2 nitrogen and oxygen atoms in total. The van der Waals surface area contributed by atoms with Gasteiger partial charge in [-0.3, -0.25) is 4.79 Å². The van der Waals surface area contributed by atoms with Crippen LogP contribution in [0.2, 0.25) is 0 Å². The maximum Gasteiger partial charge on any atom is 0.192 e. The Hall–Kier alpha value is -3.64. The second kappa shape index (κ2) is 7.94. The van der Waals surface area contributed by atoms with E-state index < -0.39 is 0 Å².